The van der Waals surface area contributed by atoms with Crippen molar-refractivity contribution in [3.63, 3.8) is 0 Å². The normalized spacial score (nSPS) is 16.4. The standard InChI is InChI=1S/C23H23N3O/c24-17-20-14-8-16-26(20)23-22(19-12-5-2-6-13-19)25-21(27-23)15-7-11-18-9-3-1-4-10-18/h1-6,9-10,12-13,20H,7-8,11,14-16H2/t20-/m0/s1. The molecule has 0 amide bonds. The Morgan fingerprint density at radius 1 is 1.04 bits per heavy atom. The molecule has 1 saturated heterocycles. The number of oxazole rings is 1. The smallest absolute Gasteiger partial charge is 0.225 e. The van der Waals surface area contributed by atoms with Crippen molar-refractivity contribution in [3.8, 4) is 17.3 Å². The molecule has 0 bridgehead atoms. The van der Waals surface area contributed by atoms with Crippen molar-refractivity contribution >= 4 is 5.88 Å². The summed E-state index contributed by atoms with van der Waals surface area (Å²) in [4.78, 5) is 6.89. The van der Waals surface area contributed by atoms with Crippen molar-refractivity contribution in [3.05, 3.63) is 72.1 Å². The van der Waals surface area contributed by atoms with Gasteiger partial charge in [0.05, 0.1) is 6.07 Å². The van der Waals surface area contributed by atoms with Crippen LogP contribution in [0.3, 0.4) is 0 Å². The lowest BCUT2D eigenvalue weighted by Gasteiger charge is -2.19. The summed E-state index contributed by atoms with van der Waals surface area (Å²) < 4.78 is 6.19. The molecule has 1 fully saturated rings. The molecule has 1 aromatic heterocycles. The van der Waals surface area contributed by atoms with Crippen LogP contribution in [0.1, 0.15) is 30.7 Å². The van der Waals surface area contributed by atoms with Gasteiger partial charge in [-0.25, -0.2) is 4.98 Å². The predicted octanol–water partition coefficient (Wildman–Crippen LogP) is 5.01. The molecule has 2 heterocycles. The second-order valence-corrected chi connectivity index (χ2v) is 6.95. The third kappa shape index (κ3) is 3.88. The molecule has 0 N–H and O–H groups in total. The van der Waals surface area contributed by atoms with Crippen molar-refractivity contribution in [2.45, 2.75) is 38.1 Å². The highest BCUT2D eigenvalue weighted by Crippen LogP contribution is 2.35. The van der Waals surface area contributed by atoms with Gasteiger partial charge in [0.2, 0.25) is 5.88 Å². The van der Waals surface area contributed by atoms with Crippen LogP contribution >= 0.6 is 0 Å². The molecule has 1 aliphatic heterocycles. The number of rotatable bonds is 6. The van der Waals surface area contributed by atoms with Gasteiger partial charge in [-0.2, -0.15) is 5.26 Å². The van der Waals surface area contributed by atoms with Gasteiger partial charge >= 0.3 is 0 Å². The van der Waals surface area contributed by atoms with E-state index in [-0.39, 0.29) is 6.04 Å². The summed E-state index contributed by atoms with van der Waals surface area (Å²) in [5.41, 5.74) is 3.22. The summed E-state index contributed by atoms with van der Waals surface area (Å²) in [6.45, 7) is 0.844. The number of nitrogens with zero attached hydrogens (tertiary/aromatic N) is 3. The maximum atomic E-state index is 9.48. The van der Waals surface area contributed by atoms with E-state index in [2.05, 4.69) is 35.2 Å². The Labute approximate surface area is 160 Å². The Bertz CT molecular complexity index is 912. The highest BCUT2D eigenvalue weighted by molar-refractivity contribution is 5.72. The molecule has 2 aromatic carbocycles. The Morgan fingerprint density at radius 2 is 1.78 bits per heavy atom. The van der Waals surface area contributed by atoms with E-state index in [1.165, 1.54) is 5.56 Å². The van der Waals surface area contributed by atoms with Gasteiger partial charge in [-0.3, -0.25) is 0 Å². The Morgan fingerprint density at radius 3 is 2.52 bits per heavy atom. The molecule has 1 atom stereocenters. The zero-order valence-electron chi connectivity index (χ0n) is 15.3. The average molecular weight is 357 g/mol. The molecular formula is C23H23N3O. The van der Waals surface area contributed by atoms with Gasteiger partial charge in [-0.15, -0.1) is 0 Å². The number of nitriles is 1. The van der Waals surface area contributed by atoms with E-state index >= 15 is 0 Å². The van der Waals surface area contributed by atoms with Crippen LogP contribution in [0.4, 0.5) is 5.88 Å². The van der Waals surface area contributed by atoms with Crippen LogP contribution in [-0.4, -0.2) is 17.6 Å². The summed E-state index contributed by atoms with van der Waals surface area (Å²) >= 11 is 0. The number of anilines is 1. The molecule has 0 spiro atoms. The molecule has 1 aliphatic rings. The Balaban J connectivity index is 1.57. The molecule has 136 valence electrons. The van der Waals surface area contributed by atoms with Crippen molar-refractivity contribution in [1.29, 1.82) is 5.26 Å². The number of aromatic nitrogens is 1. The van der Waals surface area contributed by atoms with Gasteiger partial charge in [-0.1, -0.05) is 60.7 Å². The maximum Gasteiger partial charge on any atom is 0.225 e. The van der Waals surface area contributed by atoms with Crippen LogP contribution in [0, 0.1) is 11.3 Å². The van der Waals surface area contributed by atoms with E-state index in [9.17, 15) is 5.26 Å². The topological polar surface area (TPSA) is 53.1 Å². The Hall–Kier alpha value is -3.06. The summed E-state index contributed by atoms with van der Waals surface area (Å²) in [6, 6.07) is 22.9. The van der Waals surface area contributed by atoms with Crippen LogP contribution in [0.5, 0.6) is 0 Å². The number of hydrogen-bond donors (Lipinski definition) is 0. The summed E-state index contributed by atoms with van der Waals surface area (Å²) in [7, 11) is 0. The average Bonchev–Trinajstić information content (AvgIpc) is 3.36. The van der Waals surface area contributed by atoms with Crippen molar-refractivity contribution in [2.24, 2.45) is 0 Å². The first-order valence-electron chi connectivity index (χ1n) is 9.60. The number of aryl methyl sites for hydroxylation is 2. The fourth-order valence-electron chi connectivity index (χ4n) is 3.67. The monoisotopic (exact) mass is 357 g/mol. The van der Waals surface area contributed by atoms with Crippen LogP contribution in [0.25, 0.3) is 11.3 Å². The largest absolute Gasteiger partial charge is 0.424 e. The summed E-state index contributed by atoms with van der Waals surface area (Å²) in [6.07, 6.45) is 4.68. The van der Waals surface area contributed by atoms with Crippen molar-refractivity contribution in [1.82, 2.24) is 4.98 Å². The quantitative estimate of drug-likeness (QED) is 0.622. The van der Waals surface area contributed by atoms with Gasteiger partial charge in [0.1, 0.15) is 11.7 Å². The van der Waals surface area contributed by atoms with E-state index < -0.39 is 0 Å². The first kappa shape index (κ1) is 17.4. The van der Waals surface area contributed by atoms with Gasteiger partial charge in [-0.05, 0) is 31.2 Å². The zero-order chi connectivity index (χ0) is 18.5. The summed E-state index contributed by atoms with van der Waals surface area (Å²) in [5, 5.41) is 9.48. The van der Waals surface area contributed by atoms with Gasteiger partial charge in [0, 0.05) is 18.5 Å². The van der Waals surface area contributed by atoms with E-state index in [4.69, 9.17) is 9.40 Å². The molecule has 0 radical (unpaired) electrons. The van der Waals surface area contributed by atoms with Crippen LogP contribution in [0.2, 0.25) is 0 Å². The molecular weight excluding hydrogens is 334 g/mol. The van der Waals surface area contributed by atoms with Crippen molar-refractivity contribution in [2.75, 3.05) is 11.4 Å². The van der Waals surface area contributed by atoms with E-state index in [0.717, 1.165) is 61.7 Å². The molecule has 4 nitrogen and oxygen atoms in total. The molecule has 27 heavy (non-hydrogen) atoms. The predicted molar refractivity (Wildman–Crippen MR) is 106 cm³/mol. The SMILES string of the molecule is N#C[C@@H]1CCCN1c1oc(CCCc2ccccc2)nc1-c1ccccc1. The van der Waals surface area contributed by atoms with Gasteiger partial charge < -0.3 is 9.32 Å². The van der Waals surface area contributed by atoms with E-state index in [1.807, 2.05) is 36.4 Å². The molecule has 4 rings (SSSR count). The van der Waals surface area contributed by atoms with E-state index in [0.29, 0.717) is 0 Å². The van der Waals surface area contributed by atoms with Gasteiger partial charge in [0.15, 0.2) is 5.89 Å². The minimum Gasteiger partial charge on any atom is -0.424 e. The molecule has 0 saturated carbocycles. The minimum absolute atomic E-state index is 0.127. The highest BCUT2D eigenvalue weighted by atomic mass is 16.4. The van der Waals surface area contributed by atoms with Crippen molar-refractivity contribution < 1.29 is 4.42 Å². The van der Waals surface area contributed by atoms with E-state index in [1.54, 1.807) is 0 Å². The first-order valence-corrected chi connectivity index (χ1v) is 9.60. The Kier molecular flexibility index (Phi) is 5.20. The molecule has 3 aromatic rings. The van der Waals surface area contributed by atoms with Crippen LogP contribution in [-0.2, 0) is 12.8 Å². The second-order valence-electron chi connectivity index (χ2n) is 6.95. The molecule has 0 aliphatic carbocycles. The lowest BCUT2D eigenvalue weighted by Crippen LogP contribution is -2.27. The number of hydrogen-bond acceptors (Lipinski definition) is 4. The first-order chi connectivity index (χ1) is 13.3. The zero-order valence-corrected chi connectivity index (χ0v) is 15.3. The fourth-order valence-corrected chi connectivity index (χ4v) is 3.67. The minimum atomic E-state index is -0.127. The third-order valence-corrected chi connectivity index (χ3v) is 5.06. The lowest BCUT2D eigenvalue weighted by molar-refractivity contribution is 0.480. The second kappa shape index (κ2) is 8.09. The lowest BCUT2D eigenvalue weighted by atomic mass is 10.1. The third-order valence-electron chi connectivity index (χ3n) is 5.06. The van der Waals surface area contributed by atoms with Gasteiger partial charge in [0.25, 0.3) is 0 Å². The molecule has 0 unspecified atom stereocenters. The number of benzene rings is 2. The van der Waals surface area contributed by atoms with Crippen LogP contribution < -0.4 is 4.90 Å². The summed E-state index contributed by atoms with van der Waals surface area (Å²) in [5.74, 6) is 1.50. The fraction of sp³-hybridized carbons (Fsp3) is 0.304. The maximum absolute atomic E-state index is 9.48. The molecule has 4 heteroatoms. The highest BCUT2D eigenvalue weighted by Gasteiger charge is 2.30. The van der Waals surface area contributed by atoms with Crippen LogP contribution in [0.15, 0.2) is 65.1 Å².